The van der Waals surface area contributed by atoms with Gasteiger partial charge in [0.15, 0.2) is 0 Å². The SMILES string of the molecule is CN1CCN(c2ccc(NS(=O)(=O)N(C)C)cn2)CC1. The van der Waals surface area contributed by atoms with Gasteiger partial charge in [0.25, 0.3) is 0 Å². The van der Waals surface area contributed by atoms with Crippen LogP contribution in [0.1, 0.15) is 0 Å². The molecule has 0 aromatic carbocycles. The molecule has 1 aliphatic heterocycles. The highest BCUT2D eigenvalue weighted by molar-refractivity contribution is 7.90. The lowest BCUT2D eigenvalue weighted by molar-refractivity contribution is 0.312. The van der Waals surface area contributed by atoms with E-state index in [1.54, 1.807) is 12.3 Å². The van der Waals surface area contributed by atoms with Gasteiger partial charge in [-0.15, -0.1) is 0 Å². The second kappa shape index (κ2) is 5.94. The minimum absolute atomic E-state index is 0.469. The summed E-state index contributed by atoms with van der Waals surface area (Å²) in [5.41, 5.74) is 0.469. The van der Waals surface area contributed by atoms with E-state index >= 15 is 0 Å². The predicted molar refractivity (Wildman–Crippen MR) is 80.2 cm³/mol. The molecule has 0 bridgehead atoms. The van der Waals surface area contributed by atoms with Crippen LogP contribution < -0.4 is 9.62 Å². The summed E-state index contributed by atoms with van der Waals surface area (Å²) in [6.07, 6.45) is 1.55. The Labute approximate surface area is 120 Å². The predicted octanol–water partition coefficient (Wildman–Crippen LogP) is 0.0517. The Bertz CT molecular complexity index is 535. The molecule has 112 valence electrons. The van der Waals surface area contributed by atoms with Crippen molar-refractivity contribution in [3.63, 3.8) is 0 Å². The van der Waals surface area contributed by atoms with E-state index < -0.39 is 10.2 Å². The number of likely N-dealkylation sites (N-methyl/N-ethyl adjacent to an activating group) is 1. The highest BCUT2D eigenvalue weighted by Gasteiger charge is 2.16. The van der Waals surface area contributed by atoms with Gasteiger partial charge < -0.3 is 9.80 Å². The zero-order valence-electron chi connectivity index (χ0n) is 12.1. The molecule has 0 radical (unpaired) electrons. The number of piperazine rings is 1. The number of hydrogen-bond donors (Lipinski definition) is 1. The van der Waals surface area contributed by atoms with Gasteiger partial charge in [0.1, 0.15) is 5.82 Å². The molecule has 1 N–H and O–H groups in total. The van der Waals surface area contributed by atoms with Crippen LogP contribution in [0.4, 0.5) is 11.5 Å². The Kier molecular flexibility index (Phi) is 4.46. The Morgan fingerprint density at radius 1 is 1.20 bits per heavy atom. The van der Waals surface area contributed by atoms with E-state index in [9.17, 15) is 8.42 Å². The molecule has 1 saturated heterocycles. The van der Waals surface area contributed by atoms with Crippen molar-refractivity contribution in [1.82, 2.24) is 14.2 Å². The summed E-state index contributed by atoms with van der Waals surface area (Å²) in [7, 11) is 1.59. The summed E-state index contributed by atoms with van der Waals surface area (Å²) in [4.78, 5) is 8.81. The third-order valence-electron chi connectivity index (χ3n) is 3.30. The van der Waals surface area contributed by atoms with Crippen molar-refractivity contribution >= 4 is 21.7 Å². The first-order chi connectivity index (χ1) is 9.38. The topological polar surface area (TPSA) is 68.8 Å². The van der Waals surface area contributed by atoms with Crippen molar-refractivity contribution in [2.75, 3.05) is 56.9 Å². The van der Waals surface area contributed by atoms with Gasteiger partial charge in [0.2, 0.25) is 0 Å². The number of hydrogen-bond acceptors (Lipinski definition) is 5. The standard InChI is InChI=1S/C12H21N5O2S/c1-15(2)20(18,19)14-11-4-5-12(13-10-11)17-8-6-16(3)7-9-17/h4-5,10,14H,6-9H2,1-3H3. The van der Waals surface area contributed by atoms with E-state index in [0.717, 1.165) is 36.3 Å². The van der Waals surface area contributed by atoms with Gasteiger partial charge in [-0.05, 0) is 19.2 Å². The molecule has 1 aliphatic rings. The Hall–Kier alpha value is -1.38. The molecule has 1 aromatic rings. The first-order valence-electron chi connectivity index (χ1n) is 6.48. The van der Waals surface area contributed by atoms with Crippen LogP contribution >= 0.6 is 0 Å². The summed E-state index contributed by atoms with van der Waals surface area (Å²) in [6.45, 7) is 3.89. The summed E-state index contributed by atoms with van der Waals surface area (Å²) in [5, 5.41) is 0. The Morgan fingerprint density at radius 3 is 2.35 bits per heavy atom. The van der Waals surface area contributed by atoms with E-state index in [1.807, 2.05) is 6.07 Å². The summed E-state index contributed by atoms with van der Waals surface area (Å²) in [6, 6.07) is 3.58. The van der Waals surface area contributed by atoms with E-state index in [2.05, 4.69) is 26.6 Å². The van der Waals surface area contributed by atoms with Crippen molar-refractivity contribution in [2.24, 2.45) is 0 Å². The fourth-order valence-corrected chi connectivity index (χ4v) is 2.51. The lowest BCUT2D eigenvalue weighted by Gasteiger charge is -2.33. The van der Waals surface area contributed by atoms with Crippen molar-refractivity contribution in [1.29, 1.82) is 0 Å². The maximum Gasteiger partial charge on any atom is 0.301 e. The van der Waals surface area contributed by atoms with Gasteiger partial charge in [0.05, 0.1) is 11.9 Å². The molecule has 0 unspecified atom stereocenters. The summed E-state index contributed by atoms with van der Waals surface area (Å²) < 4.78 is 27.0. The second-order valence-corrected chi connectivity index (χ2v) is 6.97. The molecule has 0 spiro atoms. The highest BCUT2D eigenvalue weighted by atomic mass is 32.2. The zero-order chi connectivity index (χ0) is 14.8. The molecule has 0 amide bonds. The van der Waals surface area contributed by atoms with Crippen molar-refractivity contribution in [3.05, 3.63) is 18.3 Å². The van der Waals surface area contributed by atoms with Crippen molar-refractivity contribution in [2.45, 2.75) is 0 Å². The normalized spacial score (nSPS) is 17.5. The molecule has 2 heterocycles. The van der Waals surface area contributed by atoms with Gasteiger partial charge in [-0.25, -0.2) is 4.98 Å². The lowest BCUT2D eigenvalue weighted by Crippen LogP contribution is -2.44. The average Bonchev–Trinajstić information content (AvgIpc) is 2.40. The maximum absolute atomic E-state index is 11.7. The fourth-order valence-electron chi connectivity index (χ4n) is 1.91. The van der Waals surface area contributed by atoms with Crippen molar-refractivity contribution < 1.29 is 8.42 Å². The molecular formula is C12H21N5O2S. The number of anilines is 2. The molecule has 0 aliphatic carbocycles. The van der Waals surface area contributed by atoms with Crippen LogP contribution in [0.15, 0.2) is 18.3 Å². The maximum atomic E-state index is 11.7. The minimum atomic E-state index is -3.47. The molecule has 2 rings (SSSR count). The van der Waals surface area contributed by atoms with Crippen LogP contribution in [0.25, 0.3) is 0 Å². The second-order valence-electron chi connectivity index (χ2n) is 5.08. The molecule has 0 atom stereocenters. The van der Waals surface area contributed by atoms with Crippen LogP contribution in [0.3, 0.4) is 0 Å². The van der Waals surface area contributed by atoms with E-state index in [4.69, 9.17) is 0 Å². The molecule has 7 nitrogen and oxygen atoms in total. The number of rotatable bonds is 4. The smallest absolute Gasteiger partial charge is 0.301 e. The van der Waals surface area contributed by atoms with E-state index in [-0.39, 0.29) is 0 Å². The van der Waals surface area contributed by atoms with Gasteiger partial charge in [-0.2, -0.15) is 12.7 Å². The quantitative estimate of drug-likeness (QED) is 0.851. The van der Waals surface area contributed by atoms with Gasteiger partial charge in [0, 0.05) is 40.3 Å². The molecular weight excluding hydrogens is 278 g/mol. The largest absolute Gasteiger partial charge is 0.354 e. The number of pyridine rings is 1. The highest BCUT2D eigenvalue weighted by Crippen LogP contribution is 2.16. The average molecular weight is 299 g/mol. The number of nitrogens with zero attached hydrogens (tertiary/aromatic N) is 4. The van der Waals surface area contributed by atoms with E-state index in [1.165, 1.54) is 14.1 Å². The molecule has 8 heteroatoms. The monoisotopic (exact) mass is 299 g/mol. The summed E-state index contributed by atoms with van der Waals surface area (Å²) >= 11 is 0. The molecule has 20 heavy (non-hydrogen) atoms. The minimum Gasteiger partial charge on any atom is -0.354 e. The Balaban J connectivity index is 2.03. The lowest BCUT2D eigenvalue weighted by atomic mass is 10.3. The fraction of sp³-hybridized carbons (Fsp3) is 0.583. The van der Waals surface area contributed by atoms with E-state index in [0.29, 0.717) is 5.69 Å². The molecule has 1 aromatic heterocycles. The summed E-state index contributed by atoms with van der Waals surface area (Å²) in [5.74, 6) is 0.880. The first-order valence-corrected chi connectivity index (χ1v) is 7.92. The number of aromatic nitrogens is 1. The third kappa shape index (κ3) is 3.59. The van der Waals surface area contributed by atoms with Crippen LogP contribution in [-0.2, 0) is 10.2 Å². The molecule has 0 saturated carbocycles. The van der Waals surface area contributed by atoms with Crippen molar-refractivity contribution in [3.8, 4) is 0 Å². The van der Waals surface area contributed by atoms with Gasteiger partial charge in [-0.1, -0.05) is 0 Å². The van der Waals surface area contributed by atoms with Gasteiger partial charge in [-0.3, -0.25) is 4.72 Å². The number of nitrogens with one attached hydrogen (secondary N) is 1. The van der Waals surface area contributed by atoms with Crippen LogP contribution in [0.2, 0.25) is 0 Å². The van der Waals surface area contributed by atoms with Crippen LogP contribution in [0.5, 0.6) is 0 Å². The Morgan fingerprint density at radius 2 is 1.85 bits per heavy atom. The third-order valence-corrected chi connectivity index (χ3v) is 4.76. The first kappa shape index (κ1) is 15.0. The van der Waals surface area contributed by atoms with Gasteiger partial charge >= 0.3 is 10.2 Å². The van der Waals surface area contributed by atoms with Crippen LogP contribution in [0, 0.1) is 0 Å². The zero-order valence-corrected chi connectivity index (χ0v) is 12.9. The molecule has 1 fully saturated rings. The van der Waals surface area contributed by atoms with Crippen LogP contribution in [-0.4, -0.2) is 69.9 Å².